The number of aldehydes is 1. The van der Waals surface area contributed by atoms with Crippen molar-refractivity contribution in [1.82, 2.24) is 4.98 Å². The van der Waals surface area contributed by atoms with E-state index < -0.39 is 5.82 Å². The van der Waals surface area contributed by atoms with Crippen LogP contribution < -0.4 is 9.47 Å². The predicted octanol–water partition coefficient (Wildman–Crippen LogP) is 6.24. The second-order valence-corrected chi connectivity index (χ2v) is 8.99. The van der Waals surface area contributed by atoms with Gasteiger partial charge in [-0.2, -0.15) is 0 Å². The van der Waals surface area contributed by atoms with Crippen LogP contribution in [0.25, 0.3) is 11.1 Å². The number of esters is 1. The van der Waals surface area contributed by atoms with Crippen LogP contribution in [-0.4, -0.2) is 38.1 Å². The highest BCUT2D eigenvalue weighted by Gasteiger charge is 2.16. The number of aromatic nitrogens is 1. The Morgan fingerprint density at radius 2 is 1.84 bits per heavy atom. The molecule has 7 heteroatoms. The number of pyridine rings is 1. The van der Waals surface area contributed by atoms with Crippen molar-refractivity contribution in [2.45, 2.75) is 45.4 Å². The molecule has 0 radical (unpaired) electrons. The van der Waals surface area contributed by atoms with E-state index in [2.05, 4.69) is 17.1 Å². The number of aryl methyl sites for hydroxylation is 1. The van der Waals surface area contributed by atoms with Crippen molar-refractivity contribution in [3.63, 3.8) is 0 Å². The Bertz CT molecular complexity index is 1190. The standard InChI is InChI=1S/C14H18O3.C13H10FNO2.C3H6/c1-10(14(15)16-2)8-11-5-6-12-4-3-7-17-13(12)9-11;1-17-13-6-11(12(14)7-15-13)10-5-3-2-4-9(10)8-16;1-2-3-1/h5-6,9-10H,3-4,7-8H2,1-2H3;2-8H,1H3;1-3H2. The maximum atomic E-state index is 13.7. The summed E-state index contributed by atoms with van der Waals surface area (Å²) in [6.07, 6.45) is 9.15. The number of carbonyl (C=O) groups excluding carboxylic acids is 2. The SMILES string of the molecule is C1CC1.COC(=O)C(C)Cc1ccc2c(c1)OCCC2.COc1cc(-c2ccccc2C=O)c(F)cn1. The highest BCUT2D eigenvalue weighted by atomic mass is 19.1. The van der Waals surface area contributed by atoms with E-state index in [1.807, 2.05) is 13.0 Å². The number of ether oxygens (including phenoxy) is 3. The van der Waals surface area contributed by atoms with Gasteiger partial charge in [-0.1, -0.05) is 62.6 Å². The first kappa shape index (κ1) is 27.8. The zero-order chi connectivity index (χ0) is 26.6. The summed E-state index contributed by atoms with van der Waals surface area (Å²) in [6, 6.07) is 14.5. The normalized spacial score (nSPS) is 13.7. The molecule has 0 saturated heterocycles. The monoisotopic (exact) mass is 507 g/mol. The molecule has 1 aliphatic carbocycles. The molecule has 1 aromatic heterocycles. The molecule has 0 N–H and O–H groups in total. The number of fused-ring (bicyclic) bond motifs is 1. The average Bonchev–Trinajstić information content (AvgIpc) is 3.83. The van der Waals surface area contributed by atoms with E-state index in [-0.39, 0.29) is 11.9 Å². The van der Waals surface area contributed by atoms with E-state index in [1.54, 1.807) is 24.3 Å². The van der Waals surface area contributed by atoms with Gasteiger partial charge in [-0.05, 0) is 42.0 Å². The lowest BCUT2D eigenvalue weighted by molar-refractivity contribution is -0.144. The lowest BCUT2D eigenvalue weighted by Crippen LogP contribution is -2.15. The summed E-state index contributed by atoms with van der Waals surface area (Å²) < 4.78 is 29.0. The number of methoxy groups -OCH3 is 2. The number of halogens is 1. The molecule has 196 valence electrons. The van der Waals surface area contributed by atoms with E-state index >= 15 is 0 Å². The van der Waals surface area contributed by atoms with Crippen LogP contribution in [0.3, 0.4) is 0 Å². The van der Waals surface area contributed by atoms with Crippen LogP contribution in [0, 0.1) is 11.7 Å². The predicted molar refractivity (Wildman–Crippen MR) is 141 cm³/mol. The number of rotatable bonds is 6. The number of benzene rings is 2. The second kappa shape index (κ2) is 14.1. The maximum absolute atomic E-state index is 13.7. The summed E-state index contributed by atoms with van der Waals surface area (Å²) in [4.78, 5) is 26.0. The van der Waals surface area contributed by atoms with Crippen LogP contribution >= 0.6 is 0 Å². The van der Waals surface area contributed by atoms with Gasteiger partial charge in [-0.25, -0.2) is 9.37 Å². The van der Waals surface area contributed by atoms with Crippen molar-refractivity contribution in [3.8, 4) is 22.8 Å². The van der Waals surface area contributed by atoms with E-state index in [1.165, 1.54) is 45.1 Å². The minimum absolute atomic E-state index is 0.110. The first-order valence-electron chi connectivity index (χ1n) is 12.5. The lowest BCUT2D eigenvalue weighted by atomic mass is 9.98. The first-order valence-corrected chi connectivity index (χ1v) is 12.5. The van der Waals surface area contributed by atoms with Crippen molar-refractivity contribution in [3.05, 3.63) is 77.2 Å². The van der Waals surface area contributed by atoms with Gasteiger partial charge in [0.2, 0.25) is 5.88 Å². The van der Waals surface area contributed by atoms with Gasteiger partial charge in [0, 0.05) is 17.2 Å². The molecule has 3 aromatic rings. The van der Waals surface area contributed by atoms with Gasteiger partial charge < -0.3 is 14.2 Å². The fourth-order valence-electron chi connectivity index (χ4n) is 3.73. The summed E-state index contributed by atoms with van der Waals surface area (Å²) >= 11 is 0. The molecule has 1 saturated carbocycles. The molecular weight excluding hydrogens is 473 g/mol. The molecule has 2 heterocycles. The molecule has 37 heavy (non-hydrogen) atoms. The largest absolute Gasteiger partial charge is 0.493 e. The third-order valence-corrected chi connectivity index (χ3v) is 5.90. The third kappa shape index (κ3) is 8.41. The van der Waals surface area contributed by atoms with E-state index in [9.17, 15) is 14.0 Å². The molecule has 0 spiro atoms. The Balaban J connectivity index is 0.000000184. The van der Waals surface area contributed by atoms with Crippen molar-refractivity contribution < 1.29 is 28.2 Å². The molecule has 6 nitrogen and oxygen atoms in total. The fourth-order valence-corrected chi connectivity index (χ4v) is 3.73. The highest BCUT2D eigenvalue weighted by molar-refractivity contribution is 5.87. The molecule has 5 rings (SSSR count). The summed E-state index contributed by atoms with van der Waals surface area (Å²) in [6.45, 7) is 2.68. The Morgan fingerprint density at radius 3 is 2.51 bits per heavy atom. The summed E-state index contributed by atoms with van der Waals surface area (Å²) in [5.74, 6) is 0.526. The number of hydrogen-bond donors (Lipinski definition) is 0. The van der Waals surface area contributed by atoms with E-state index in [0.29, 0.717) is 35.3 Å². The quantitative estimate of drug-likeness (QED) is 0.290. The van der Waals surface area contributed by atoms with Gasteiger partial charge >= 0.3 is 5.97 Å². The van der Waals surface area contributed by atoms with Crippen molar-refractivity contribution >= 4 is 12.3 Å². The zero-order valence-electron chi connectivity index (χ0n) is 21.7. The number of nitrogens with zero attached hydrogens (tertiary/aromatic N) is 1. The smallest absolute Gasteiger partial charge is 0.308 e. The van der Waals surface area contributed by atoms with Gasteiger partial charge in [0.15, 0.2) is 6.29 Å². The molecule has 0 bridgehead atoms. The summed E-state index contributed by atoms with van der Waals surface area (Å²) in [5.41, 5.74) is 3.66. The minimum Gasteiger partial charge on any atom is -0.493 e. The molecule has 2 aliphatic rings. The molecule has 1 aliphatic heterocycles. The van der Waals surface area contributed by atoms with Crippen molar-refractivity contribution in [2.24, 2.45) is 5.92 Å². The van der Waals surface area contributed by atoms with Gasteiger partial charge in [0.05, 0.1) is 32.9 Å². The molecule has 0 amide bonds. The topological polar surface area (TPSA) is 74.7 Å². The Hall–Kier alpha value is -3.74. The van der Waals surface area contributed by atoms with Crippen LogP contribution in [0.2, 0.25) is 0 Å². The summed E-state index contributed by atoms with van der Waals surface area (Å²) in [7, 11) is 2.88. The lowest BCUT2D eigenvalue weighted by Gasteiger charge is -2.18. The number of carbonyl (C=O) groups is 2. The molecule has 1 atom stereocenters. The molecular formula is C30H34FNO5. The van der Waals surface area contributed by atoms with E-state index in [0.717, 1.165) is 37.0 Å². The first-order chi connectivity index (χ1) is 18.0. The van der Waals surface area contributed by atoms with Crippen LogP contribution in [0.1, 0.15) is 54.1 Å². The van der Waals surface area contributed by atoms with Gasteiger partial charge in [0.25, 0.3) is 0 Å². The maximum Gasteiger partial charge on any atom is 0.308 e. The Morgan fingerprint density at radius 1 is 1.08 bits per heavy atom. The van der Waals surface area contributed by atoms with Crippen LogP contribution in [-0.2, 0) is 22.4 Å². The van der Waals surface area contributed by atoms with Crippen LogP contribution in [0.5, 0.6) is 11.6 Å². The summed E-state index contributed by atoms with van der Waals surface area (Å²) in [5, 5.41) is 0. The van der Waals surface area contributed by atoms with Gasteiger partial charge in [0.1, 0.15) is 11.6 Å². The average molecular weight is 508 g/mol. The third-order valence-electron chi connectivity index (χ3n) is 5.90. The Kier molecular flexibility index (Phi) is 10.6. The van der Waals surface area contributed by atoms with Gasteiger partial charge in [-0.3, -0.25) is 9.59 Å². The van der Waals surface area contributed by atoms with Gasteiger partial charge in [-0.15, -0.1) is 0 Å². The van der Waals surface area contributed by atoms with Crippen molar-refractivity contribution in [2.75, 3.05) is 20.8 Å². The molecule has 1 unspecified atom stereocenters. The van der Waals surface area contributed by atoms with Crippen LogP contribution in [0.15, 0.2) is 54.7 Å². The van der Waals surface area contributed by atoms with E-state index in [4.69, 9.17) is 14.2 Å². The van der Waals surface area contributed by atoms with Crippen molar-refractivity contribution in [1.29, 1.82) is 0 Å². The minimum atomic E-state index is -0.486. The van der Waals surface area contributed by atoms with Crippen LogP contribution in [0.4, 0.5) is 4.39 Å². The number of hydrogen-bond acceptors (Lipinski definition) is 6. The molecule has 1 fully saturated rings. The highest BCUT2D eigenvalue weighted by Crippen LogP contribution is 2.28. The molecule has 2 aromatic carbocycles. The fraction of sp³-hybridized carbons (Fsp3) is 0.367. The Labute approximate surface area is 217 Å². The second-order valence-electron chi connectivity index (χ2n) is 8.99. The zero-order valence-corrected chi connectivity index (χ0v) is 21.7.